The summed E-state index contributed by atoms with van der Waals surface area (Å²) in [7, 11) is -3.69. The minimum atomic E-state index is -4.49. The third-order valence-electron chi connectivity index (χ3n) is 2.81. The SMILES string of the molecule is CC(N)CC1=Cc2cc(C(F)(F)F)ccc2S1(=O)=O. The van der Waals surface area contributed by atoms with Crippen LogP contribution in [-0.2, 0) is 16.0 Å². The van der Waals surface area contributed by atoms with Gasteiger partial charge in [0.15, 0.2) is 0 Å². The molecule has 1 aromatic carbocycles. The molecule has 0 fully saturated rings. The van der Waals surface area contributed by atoms with Crippen molar-refractivity contribution in [3.63, 3.8) is 0 Å². The normalized spacial score (nSPS) is 18.9. The maximum atomic E-state index is 12.6. The van der Waals surface area contributed by atoms with Crippen molar-refractivity contribution in [1.29, 1.82) is 0 Å². The molecule has 1 aliphatic rings. The van der Waals surface area contributed by atoms with E-state index in [1.54, 1.807) is 6.92 Å². The Morgan fingerprint density at radius 2 is 1.95 bits per heavy atom. The molecule has 19 heavy (non-hydrogen) atoms. The topological polar surface area (TPSA) is 60.2 Å². The quantitative estimate of drug-likeness (QED) is 0.911. The zero-order valence-electron chi connectivity index (χ0n) is 10.0. The van der Waals surface area contributed by atoms with Crippen LogP contribution in [-0.4, -0.2) is 14.5 Å². The molecular weight excluding hydrogens is 279 g/mol. The van der Waals surface area contributed by atoms with E-state index in [-0.39, 0.29) is 27.8 Å². The van der Waals surface area contributed by atoms with E-state index in [0.29, 0.717) is 0 Å². The van der Waals surface area contributed by atoms with Crippen LogP contribution in [0.1, 0.15) is 24.5 Å². The van der Waals surface area contributed by atoms with Gasteiger partial charge >= 0.3 is 6.18 Å². The minimum absolute atomic E-state index is 0.0665. The first kappa shape index (κ1) is 14.1. The highest BCUT2D eigenvalue weighted by molar-refractivity contribution is 7.95. The number of sulfone groups is 1. The lowest BCUT2D eigenvalue weighted by Crippen LogP contribution is -2.17. The predicted octanol–water partition coefficient (Wildman–Crippen LogP) is 2.57. The monoisotopic (exact) mass is 291 g/mol. The molecule has 1 unspecified atom stereocenters. The van der Waals surface area contributed by atoms with Crippen LogP contribution in [0.3, 0.4) is 0 Å². The third-order valence-corrected chi connectivity index (χ3v) is 4.74. The van der Waals surface area contributed by atoms with Gasteiger partial charge in [-0.15, -0.1) is 0 Å². The molecule has 0 aromatic heterocycles. The standard InChI is InChI=1S/C12H12F3NO2S/c1-7(16)4-10-6-8-5-9(12(13,14)15)2-3-11(8)19(10,17)18/h2-3,5-7H,4,16H2,1H3. The van der Waals surface area contributed by atoms with Gasteiger partial charge in [-0.2, -0.15) is 13.2 Å². The molecule has 2 N–H and O–H groups in total. The van der Waals surface area contributed by atoms with E-state index in [2.05, 4.69) is 0 Å². The summed E-state index contributed by atoms with van der Waals surface area (Å²) in [6.07, 6.45) is -3.11. The summed E-state index contributed by atoms with van der Waals surface area (Å²) in [5.74, 6) is 0. The Hall–Kier alpha value is -1.34. The number of halogens is 3. The summed E-state index contributed by atoms with van der Waals surface area (Å²) in [6.45, 7) is 1.64. The molecule has 0 saturated heterocycles. The van der Waals surface area contributed by atoms with Crippen LogP contribution in [0.25, 0.3) is 6.08 Å². The Bertz CT molecular complexity index is 645. The van der Waals surface area contributed by atoms with Gasteiger partial charge in [-0.1, -0.05) is 0 Å². The van der Waals surface area contributed by atoms with E-state index in [1.807, 2.05) is 0 Å². The highest BCUT2D eigenvalue weighted by atomic mass is 32.2. The molecule has 0 bridgehead atoms. The maximum Gasteiger partial charge on any atom is 0.416 e. The Kier molecular flexibility index (Phi) is 3.22. The van der Waals surface area contributed by atoms with E-state index in [1.165, 1.54) is 6.08 Å². The van der Waals surface area contributed by atoms with Crippen LogP contribution in [0.5, 0.6) is 0 Å². The molecule has 1 aromatic rings. The fraction of sp³-hybridized carbons (Fsp3) is 0.333. The molecule has 104 valence electrons. The van der Waals surface area contributed by atoms with Crippen molar-refractivity contribution in [1.82, 2.24) is 0 Å². The van der Waals surface area contributed by atoms with Crippen molar-refractivity contribution < 1.29 is 21.6 Å². The number of hydrogen-bond acceptors (Lipinski definition) is 3. The van der Waals surface area contributed by atoms with Crippen LogP contribution >= 0.6 is 0 Å². The number of nitrogens with two attached hydrogens (primary N) is 1. The van der Waals surface area contributed by atoms with Crippen LogP contribution in [0.15, 0.2) is 28.0 Å². The van der Waals surface area contributed by atoms with Crippen LogP contribution in [0.4, 0.5) is 13.2 Å². The molecule has 1 aliphatic heterocycles. The van der Waals surface area contributed by atoms with Crippen molar-refractivity contribution in [2.75, 3.05) is 0 Å². The highest BCUT2D eigenvalue weighted by Crippen LogP contribution is 2.38. The Morgan fingerprint density at radius 3 is 2.47 bits per heavy atom. The number of hydrogen-bond donors (Lipinski definition) is 1. The smallest absolute Gasteiger partial charge is 0.328 e. The lowest BCUT2D eigenvalue weighted by molar-refractivity contribution is -0.137. The zero-order valence-corrected chi connectivity index (χ0v) is 10.8. The first-order valence-electron chi connectivity index (χ1n) is 5.55. The second kappa shape index (κ2) is 4.35. The maximum absolute atomic E-state index is 12.6. The van der Waals surface area contributed by atoms with Gasteiger partial charge in [0.2, 0.25) is 9.84 Å². The highest BCUT2D eigenvalue weighted by Gasteiger charge is 2.35. The van der Waals surface area contributed by atoms with Gasteiger partial charge in [-0.3, -0.25) is 0 Å². The summed E-state index contributed by atoms with van der Waals surface area (Å²) >= 11 is 0. The number of fused-ring (bicyclic) bond motifs is 1. The minimum Gasteiger partial charge on any atom is -0.328 e. The van der Waals surface area contributed by atoms with Crippen LogP contribution in [0.2, 0.25) is 0 Å². The summed E-state index contributed by atoms with van der Waals surface area (Å²) in [5.41, 5.74) is 4.76. The lowest BCUT2D eigenvalue weighted by atomic mass is 10.1. The van der Waals surface area contributed by atoms with Gasteiger partial charge in [0, 0.05) is 6.04 Å². The van der Waals surface area contributed by atoms with E-state index < -0.39 is 21.6 Å². The van der Waals surface area contributed by atoms with E-state index in [9.17, 15) is 21.6 Å². The van der Waals surface area contributed by atoms with E-state index in [0.717, 1.165) is 18.2 Å². The molecular formula is C12H12F3NO2S. The summed E-state index contributed by atoms with van der Waals surface area (Å²) in [6, 6.07) is 2.25. The molecule has 2 rings (SSSR count). The summed E-state index contributed by atoms with van der Waals surface area (Å²) < 4.78 is 61.8. The van der Waals surface area contributed by atoms with E-state index in [4.69, 9.17) is 5.73 Å². The van der Waals surface area contributed by atoms with Crippen molar-refractivity contribution >= 4 is 15.9 Å². The van der Waals surface area contributed by atoms with Crippen molar-refractivity contribution in [2.45, 2.75) is 30.5 Å². The molecule has 0 amide bonds. The molecule has 3 nitrogen and oxygen atoms in total. The van der Waals surface area contributed by atoms with Crippen LogP contribution < -0.4 is 5.73 Å². The Balaban J connectivity index is 2.52. The second-order valence-electron chi connectivity index (χ2n) is 4.55. The Morgan fingerprint density at radius 1 is 1.32 bits per heavy atom. The van der Waals surface area contributed by atoms with Crippen molar-refractivity contribution in [3.05, 3.63) is 34.2 Å². The van der Waals surface area contributed by atoms with Crippen molar-refractivity contribution in [3.8, 4) is 0 Å². The van der Waals surface area contributed by atoms with Gasteiger partial charge in [0.25, 0.3) is 0 Å². The Labute approximate surface area is 108 Å². The molecule has 7 heteroatoms. The zero-order chi connectivity index (χ0) is 14.4. The number of alkyl halides is 3. The molecule has 0 spiro atoms. The average molecular weight is 291 g/mol. The first-order chi connectivity index (χ1) is 8.62. The molecule has 1 heterocycles. The number of benzene rings is 1. The van der Waals surface area contributed by atoms with Crippen molar-refractivity contribution in [2.24, 2.45) is 5.73 Å². The first-order valence-corrected chi connectivity index (χ1v) is 7.03. The molecule has 0 saturated carbocycles. The third kappa shape index (κ3) is 2.52. The largest absolute Gasteiger partial charge is 0.416 e. The molecule has 0 aliphatic carbocycles. The van der Waals surface area contributed by atoms with Crippen LogP contribution in [0, 0.1) is 0 Å². The van der Waals surface area contributed by atoms with Gasteiger partial charge in [-0.25, -0.2) is 8.42 Å². The predicted molar refractivity (Wildman–Crippen MR) is 64.9 cm³/mol. The fourth-order valence-electron chi connectivity index (χ4n) is 1.96. The molecule has 0 radical (unpaired) electrons. The second-order valence-corrected chi connectivity index (χ2v) is 6.52. The summed E-state index contributed by atoms with van der Waals surface area (Å²) in [4.78, 5) is -0.0204. The van der Waals surface area contributed by atoms with Gasteiger partial charge in [0.1, 0.15) is 0 Å². The average Bonchev–Trinajstić information content (AvgIpc) is 2.48. The summed E-state index contributed by atoms with van der Waals surface area (Å²) in [5, 5.41) is 0. The molecule has 1 atom stereocenters. The van der Waals surface area contributed by atoms with Gasteiger partial charge in [-0.05, 0) is 43.2 Å². The van der Waals surface area contributed by atoms with Gasteiger partial charge in [0.05, 0.1) is 15.4 Å². The fourth-order valence-corrected chi connectivity index (χ4v) is 3.68. The lowest BCUT2D eigenvalue weighted by Gasteiger charge is -2.08. The van der Waals surface area contributed by atoms with E-state index >= 15 is 0 Å². The van der Waals surface area contributed by atoms with Gasteiger partial charge < -0.3 is 5.73 Å². The number of rotatable bonds is 2.